The van der Waals surface area contributed by atoms with Gasteiger partial charge in [0.15, 0.2) is 0 Å². The summed E-state index contributed by atoms with van der Waals surface area (Å²) < 4.78 is 0. The van der Waals surface area contributed by atoms with Gasteiger partial charge in [-0.15, -0.1) is 0 Å². The lowest BCUT2D eigenvalue weighted by Crippen LogP contribution is -1.77. The third kappa shape index (κ3) is 11.5. The van der Waals surface area contributed by atoms with E-state index in [1.165, 1.54) is 38.5 Å². The summed E-state index contributed by atoms with van der Waals surface area (Å²) in [6.45, 7) is 6.00. The average Bonchev–Trinajstić information content (AvgIpc) is 2.21. The first-order valence-corrected chi connectivity index (χ1v) is 6.02. The van der Waals surface area contributed by atoms with Crippen LogP contribution in [0.5, 0.6) is 0 Å². The van der Waals surface area contributed by atoms with E-state index in [9.17, 15) is 0 Å². The van der Waals surface area contributed by atoms with E-state index in [0.29, 0.717) is 0 Å². The quantitative estimate of drug-likeness (QED) is 0.354. The van der Waals surface area contributed by atoms with Gasteiger partial charge in [0.2, 0.25) is 0 Å². The second-order valence-electron chi connectivity index (χ2n) is 3.67. The topological polar surface area (TPSA) is 0 Å². The molecule has 0 nitrogen and oxygen atoms in total. The number of allylic oxidation sites excluding steroid dienone is 4. The van der Waals surface area contributed by atoms with Crippen molar-refractivity contribution in [2.24, 2.45) is 0 Å². The van der Waals surface area contributed by atoms with Crippen molar-refractivity contribution >= 4 is 0 Å². The zero-order chi connectivity index (χ0) is 10.5. The van der Waals surface area contributed by atoms with E-state index in [0.717, 1.165) is 12.8 Å². The molecule has 0 bridgehead atoms. The Morgan fingerprint density at radius 2 is 1.50 bits per heavy atom. The maximum Gasteiger partial charge on any atom is -0.0348 e. The Morgan fingerprint density at radius 1 is 0.857 bits per heavy atom. The van der Waals surface area contributed by atoms with Gasteiger partial charge in [-0.3, -0.25) is 0 Å². The molecule has 0 heterocycles. The number of hydrogen-bond acceptors (Lipinski definition) is 0. The second kappa shape index (κ2) is 12.5. The summed E-state index contributed by atoms with van der Waals surface area (Å²) in [6.07, 6.45) is 19.0. The lowest BCUT2D eigenvalue weighted by molar-refractivity contribution is 0.621. The molecule has 0 rings (SSSR count). The molecule has 81 valence electrons. The summed E-state index contributed by atoms with van der Waals surface area (Å²) in [5, 5.41) is 0. The molecule has 0 spiro atoms. The van der Waals surface area contributed by atoms with Gasteiger partial charge in [0.05, 0.1) is 0 Å². The summed E-state index contributed by atoms with van der Waals surface area (Å²) >= 11 is 0. The van der Waals surface area contributed by atoms with Crippen LogP contribution in [0.25, 0.3) is 0 Å². The molecule has 0 aromatic rings. The van der Waals surface area contributed by atoms with E-state index in [-0.39, 0.29) is 0 Å². The van der Waals surface area contributed by atoms with Crippen molar-refractivity contribution in [1.82, 2.24) is 0 Å². The van der Waals surface area contributed by atoms with Crippen LogP contribution in [-0.4, -0.2) is 0 Å². The third-order valence-corrected chi connectivity index (χ3v) is 2.24. The Hall–Kier alpha value is -0.520. The fraction of sp³-hybridized carbons (Fsp3) is 0.643. The van der Waals surface area contributed by atoms with Crippen LogP contribution in [0, 0.1) is 6.92 Å². The molecular weight excluding hydrogens is 168 g/mol. The molecule has 0 aliphatic rings. The van der Waals surface area contributed by atoms with Crippen molar-refractivity contribution in [1.29, 1.82) is 0 Å². The van der Waals surface area contributed by atoms with Crippen molar-refractivity contribution in [3.05, 3.63) is 31.2 Å². The zero-order valence-corrected chi connectivity index (χ0v) is 9.67. The highest BCUT2D eigenvalue weighted by Gasteiger charge is 1.87. The van der Waals surface area contributed by atoms with Crippen LogP contribution >= 0.6 is 0 Å². The molecule has 14 heavy (non-hydrogen) atoms. The van der Waals surface area contributed by atoms with E-state index in [2.05, 4.69) is 38.2 Å². The minimum Gasteiger partial charge on any atom is -0.0848 e. The summed E-state index contributed by atoms with van der Waals surface area (Å²) in [5.41, 5.74) is 0. The fourth-order valence-electron chi connectivity index (χ4n) is 1.36. The lowest BCUT2D eigenvalue weighted by Gasteiger charge is -1.97. The minimum atomic E-state index is 1.10. The van der Waals surface area contributed by atoms with Gasteiger partial charge >= 0.3 is 0 Å². The minimum absolute atomic E-state index is 1.10. The first-order valence-electron chi connectivity index (χ1n) is 6.02. The molecule has 1 radical (unpaired) electrons. The van der Waals surface area contributed by atoms with Crippen LogP contribution in [0.3, 0.4) is 0 Å². The molecule has 0 atom stereocenters. The van der Waals surface area contributed by atoms with Crippen LogP contribution in [0.15, 0.2) is 24.3 Å². The molecule has 0 aromatic heterocycles. The standard InChI is InChI=1S/C14H25/c1-3-5-7-9-11-13-14-12-10-8-6-4-2/h6,8,10,12H,1,3-5,7,9,11,13-14H2,2H3/b8-6+,12-10+. The first kappa shape index (κ1) is 13.5. The predicted molar refractivity (Wildman–Crippen MR) is 66.2 cm³/mol. The van der Waals surface area contributed by atoms with Crippen LogP contribution < -0.4 is 0 Å². The van der Waals surface area contributed by atoms with Crippen LogP contribution in [0.4, 0.5) is 0 Å². The highest BCUT2D eigenvalue weighted by Crippen LogP contribution is 2.06. The first-order chi connectivity index (χ1) is 6.91. The van der Waals surface area contributed by atoms with Gasteiger partial charge in [0.1, 0.15) is 0 Å². The molecule has 0 aliphatic heterocycles. The van der Waals surface area contributed by atoms with Gasteiger partial charge in [0.25, 0.3) is 0 Å². The molecule has 0 unspecified atom stereocenters. The Balaban J connectivity index is 3.05. The van der Waals surface area contributed by atoms with Crippen molar-refractivity contribution in [3.63, 3.8) is 0 Å². The van der Waals surface area contributed by atoms with Gasteiger partial charge in [-0.25, -0.2) is 0 Å². The van der Waals surface area contributed by atoms with Crippen LogP contribution in [-0.2, 0) is 0 Å². The SMILES string of the molecule is [CH2]CCCCCCC/C=C/C=C/CC. The monoisotopic (exact) mass is 193 g/mol. The molecule has 0 aromatic carbocycles. The summed E-state index contributed by atoms with van der Waals surface area (Å²) in [6, 6.07) is 0. The Labute approximate surface area is 90.1 Å². The van der Waals surface area contributed by atoms with E-state index < -0.39 is 0 Å². The second-order valence-corrected chi connectivity index (χ2v) is 3.67. The Morgan fingerprint density at radius 3 is 2.21 bits per heavy atom. The van der Waals surface area contributed by atoms with Gasteiger partial charge in [-0.05, 0) is 19.3 Å². The summed E-state index contributed by atoms with van der Waals surface area (Å²) in [4.78, 5) is 0. The average molecular weight is 193 g/mol. The molecule has 0 saturated carbocycles. The largest absolute Gasteiger partial charge is 0.0848 e. The highest BCUT2D eigenvalue weighted by molar-refractivity contribution is 5.01. The van der Waals surface area contributed by atoms with Gasteiger partial charge in [-0.1, -0.05) is 70.3 Å². The molecule has 0 fully saturated rings. The Kier molecular flexibility index (Phi) is 12.0. The molecule has 0 aliphatic carbocycles. The summed E-state index contributed by atoms with van der Waals surface area (Å²) in [5.74, 6) is 0. The van der Waals surface area contributed by atoms with Crippen molar-refractivity contribution < 1.29 is 0 Å². The predicted octanol–water partition coefficient (Wildman–Crippen LogP) is 5.07. The third-order valence-electron chi connectivity index (χ3n) is 2.24. The normalized spacial score (nSPS) is 11.9. The molecule has 0 heteroatoms. The van der Waals surface area contributed by atoms with Crippen molar-refractivity contribution in [3.8, 4) is 0 Å². The maximum absolute atomic E-state index is 3.84. The number of unbranched alkanes of at least 4 members (excludes halogenated alkanes) is 6. The van der Waals surface area contributed by atoms with E-state index in [1.54, 1.807) is 0 Å². The lowest BCUT2D eigenvalue weighted by atomic mass is 10.1. The van der Waals surface area contributed by atoms with E-state index in [1.807, 2.05) is 0 Å². The molecule has 0 amide bonds. The van der Waals surface area contributed by atoms with E-state index in [4.69, 9.17) is 0 Å². The van der Waals surface area contributed by atoms with Crippen LogP contribution in [0.2, 0.25) is 0 Å². The van der Waals surface area contributed by atoms with Gasteiger partial charge in [0, 0.05) is 0 Å². The Bertz CT molecular complexity index is 142. The number of rotatable bonds is 9. The fourth-order valence-corrected chi connectivity index (χ4v) is 1.36. The zero-order valence-electron chi connectivity index (χ0n) is 9.67. The smallest absolute Gasteiger partial charge is 0.0348 e. The molecule has 0 N–H and O–H groups in total. The molecular formula is C14H25. The van der Waals surface area contributed by atoms with Crippen molar-refractivity contribution in [2.75, 3.05) is 0 Å². The number of hydrogen-bond donors (Lipinski definition) is 0. The van der Waals surface area contributed by atoms with Crippen molar-refractivity contribution in [2.45, 2.75) is 58.3 Å². The van der Waals surface area contributed by atoms with E-state index >= 15 is 0 Å². The van der Waals surface area contributed by atoms with Gasteiger partial charge in [-0.2, -0.15) is 0 Å². The maximum atomic E-state index is 3.84. The molecule has 0 saturated heterocycles. The highest BCUT2D eigenvalue weighted by atomic mass is 13.9. The van der Waals surface area contributed by atoms with Gasteiger partial charge < -0.3 is 0 Å². The van der Waals surface area contributed by atoms with Crippen LogP contribution in [0.1, 0.15) is 58.3 Å². The summed E-state index contributed by atoms with van der Waals surface area (Å²) in [7, 11) is 0.